The number of thiocarbonyl (C=S) groups is 1. The number of rotatable bonds is 2. The Labute approximate surface area is 123 Å². The summed E-state index contributed by atoms with van der Waals surface area (Å²) in [6.45, 7) is 0. The highest BCUT2D eigenvalue weighted by atomic mass is 35.5. The molecular formula is C14H16ClN3S. The molecule has 19 heavy (non-hydrogen) atoms. The lowest BCUT2D eigenvalue weighted by Gasteiger charge is -2.24. The van der Waals surface area contributed by atoms with Gasteiger partial charge in [-0.2, -0.15) is 5.26 Å². The minimum absolute atomic E-state index is 0.438. The molecule has 0 amide bonds. The number of hydrogen-bond acceptors (Lipinski definition) is 2. The van der Waals surface area contributed by atoms with Crippen LogP contribution < -0.4 is 10.6 Å². The Morgan fingerprint density at radius 2 is 2.05 bits per heavy atom. The van der Waals surface area contributed by atoms with E-state index in [4.69, 9.17) is 29.1 Å². The standard InChI is InChI=1S/C14H16ClN3S/c15-13-8-12(7-6-10(13)9-16)18-14(19)17-11-4-2-1-3-5-11/h6-8,11H,1-5H2,(H2,17,18,19). The average Bonchev–Trinajstić information content (AvgIpc) is 2.40. The van der Waals surface area contributed by atoms with Gasteiger partial charge in [-0.1, -0.05) is 30.9 Å². The maximum Gasteiger partial charge on any atom is 0.170 e. The van der Waals surface area contributed by atoms with Crippen molar-refractivity contribution in [2.45, 2.75) is 38.1 Å². The summed E-state index contributed by atoms with van der Waals surface area (Å²) in [5.74, 6) is 0. The highest BCUT2D eigenvalue weighted by Crippen LogP contribution is 2.21. The van der Waals surface area contributed by atoms with Crippen LogP contribution in [0.1, 0.15) is 37.7 Å². The van der Waals surface area contributed by atoms with Crippen LogP contribution in [0.25, 0.3) is 0 Å². The van der Waals surface area contributed by atoms with Crippen LogP contribution in [0.4, 0.5) is 5.69 Å². The van der Waals surface area contributed by atoms with Crippen molar-refractivity contribution in [3.63, 3.8) is 0 Å². The number of hydrogen-bond donors (Lipinski definition) is 2. The Bertz CT molecular complexity index is 504. The van der Waals surface area contributed by atoms with Crippen LogP contribution in [0.15, 0.2) is 18.2 Å². The fraction of sp³-hybridized carbons (Fsp3) is 0.429. The van der Waals surface area contributed by atoms with Crippen LogP contribution >= 0.6 is 23.8 Å². The zero-order valence-corrected chi connectivity index (χ0v) is 12.2. The first-order valence-electron chi connectivity index (χ1n) is 6.46. The van der Waals surface area contributed by atoms with Crippen molar-refractivity contribution in [3.8, 4) is 6.07 Å². The van der Waals surface area contributed by atoms with E-state index in [0.717, 1.165) is 5.69 Å². The van der Waals surface area contributed by atoms with Crippen molar-refractivity contribution < 1.29 is 0 Å². The third-order valence-corrected chi connectivity index (χ3v) is 3.82. The van der Waals surface area contributed by atoms with Gasteiger partial charge >= 0.3 is 0 Å². The van der Waals surface area contributed by atoms with Gasteiger partial charge in [0.15, 0.2) is 5.11 Å². The van der Waals surface area contributed by atoms with E-state index in [-0.39, 0.29) is 0 Å². The molecule has 2 N–H and O–H groups in total. The molecule has 0 atom stereocenters. The number of benzene rings is 1. The molecule has 0 heterocycles. The molecule has 5 heteroatoms. The summed E-state index contributed by atoms with van der Waals surface area (Å²) in [6, 6.07) is 7.72. The summed E-state index contributed by atoms with van der Waals surface area (Å²) >= 11 is 11.3. The summed E-state index contributed by atoms with van der Waals surface area (Å²) in [5.41, 5.74) is 1.27. The lowest BCUT2D eigenvalue weighted by Crippen LogP contribution is -2.38. The van der Waals surface area contributed by atoms with Crippen molar-refractivity contribution >= 4 is 34.6 Å². The van der Waals surface area contributed by atoms with Gasteiger partial charge < -0.3 is 10.6 Å². The third kappa shape index (κ3) is 4.09. The average molecular weight is 294 g/mol. The minimum atomic E-state index is 0.438. The second-order valence-corrected chi connectivity index (χ2v) is 5.56. The molecule has 1 fully saturated rings. The van der Waals surface area contributed by atoms with Gasteiger partial charge in [0.25, 0.3) is 0 Å². The topological polar surface area (TPSA) is 47.9 Å². The number of nitriles is 1. The molecule has 1 aromatic carbocycles. The quantitative estimate of drug-likeness (QED) is 0.814. The van der Waals surface area contributed by atoms with Crippen LogP contribution in [0, 0.1) is 11.3 Å². The second kappa shape index (κ2) is 6.74. The zero-order valence-electron chi connectivity index (χ0n) is 10.6. The molecule has 1 saturated carbocycles. The number of nitrogens with one attached hydrogen (secondary N) is 2. The first kappa shape index (κ1) is 14.1. The summed E-state index contributed by atoms with van der Waals surface area (Å²) in [7, 11) is 0. The Balaban J connectivity index is 1.91. The van der Waals surface area contributed by atoms with Crippen LogP contribution in [0.2, 0.25) is 5.02 Å². The van der Waals surface area contributed by atoms with E-state index in [1.54, 1.807) is 18.2 Å². The Hall–Kier alpha value is -1.31. The molecule has 0 spiro atoms. The predicted octanol–water partition coefficient (Wildman–Crippen LogP) is 3.83. The maximum atomic E-state index is 8.81. The van der Waals surface area contributed by atoms with Gasteiger partial charge in [-0.15, -0.1) is 0 Å². The van der Waals surface area contributed by atoms with Gasteiger partial charge in [-0.3, -0.25) is 0 Å². The van der Waals surface area contributed by atoms with Gasteiger partial charge in [0.1, 0.15) is 6.07 Å². The summed E-state index contributed by atoms with van der Waals surface area (Å²) < 4.78 is 0. The fourth-order valence-electron chi connectivity index (χ4n) is 2.28. The smallest absolute Gasteiger partial charge is 0.170 e. The Morgan fingerprint density at radius 1 is 1.32 bits per heavy atom. The molecule has 0 unspecified atom stereocenters. The van der Waals surface area contributed by atoms with Crippen LogP contribution in [0.3, 0.4) is 0 Å². The molecule has 100 valence electrons. The molecule has 1 aromatic rings. The highest BCUT2D eigenvalue weighted by molar-refractivity contribution is 7.80. The van der Waals surface area contributed by atoms with Gasteiger partial charge in [-0.25, -0.2) is 0 Å². The molecule has 3 nitrogen and oxygen atoms in total. The molecule has 1 aliphatic rings. The van der Waals surface area contributed by atoms with Gasteiger partial charge in [0, 0.05) is 11.7 Å². The number of nitrogens with zero attached hydrogens (tertiary/aromatic N) is 1. The monoisotopic (exact) mass is 293 g/mol. The van der Waals surface area contributed by atoms with E-state index in [1.807, 2.05) is 6.07 Å². The molecule has 0 bridgehead atoms. The van der Waals surface area contributed by atoms with Gasteiger partial charge in [0.2, 0.25) is 0 Å². The van der Waals surface area contributed by atoms with Crippen molar-refractivity contribution in [3.05, 3.63) is 28.8 Å². The fourth-order valence-corrected chi connectivity index (χ4v) is 2.79. The summed E-state index contributed by atoms with van der Waals surface area (Å²) in [6.07, 6.45) is 6.21. The molecule has 2 rings (SSSR count). The van der Waals surface area contributed by atoms with Crippen molar-refractivity contribution in [2.75, 3.05) is 5.32 Å². The second-order valence-electron chi connectivity index (χ2n) is 4.74. The minimum Gasteiger partial charge on any atom is -0.360 e. The maximum absolute atomic E-state index is 8.81. The van der Waals surface area contributed by atoms with Crippen LogP contribution in [0.5, 0.6) is 0 Å². The van der Waals surface area contributed by atoms with E-state index in [9.17, 15) is 0 Å². The molecule has 0 aliphatic heterocycles. The highest BCUT2D eigenvalue weighted by Gasteiger charge is 2.14. The lowest BCUT2D eigenvalue weighted by atomic mass is 9.96. The summed E-state index contributed by atoms with van der Waals surface area (Å²) in [4.78, 5) is 0. The van der Waals surface area contributed by atoms with E-state index in [1.165, 1.54) is 32.1 Å². The Kier molecular flexibility index (Phi) is 5.00. The summed E-state index contributed by atoms with van der Waals surface area (Å²) in [5, 5.41) is 16.3. The van der Waals surface area contributed by atoms with Crippen LogP contribution in [-0.4, -0.2) is 11.2 Å². The molecule has 0 aromatic heterocycles. The predicted molar refractivity (Wildman–Crippen MR) is 82.4 cm³/mol. The molecular weight excluding hydrogens is 278 g/mol. The first-order valence-corrected chi connectivity index (χ1v) is 7.25. The number of halogens is 1. The van der Waals surface area contributed by atoms with Crippen molar-refractivity contribution in [1.82, 2.24) is 5.32 Å². The normalized spacial score (nSPS) is 15.6. The third-order valence-electron chi connectivity index (χ3n) is 3.29. The van der Waals surface area contributed by atoms with E-state index in [2.05, 4.69) is 10.6 Å². The van der Waals surface area contributed by atoms with Gasteiger partial charge in [0.05, 0.1) is 10.6 Å². The van der Waals surface area contributed by atoms with E-state index < -0.39 is 0 Å². The van der Waals surface area contributed by atoms with Crippen molar-refractivity contribution in [1.29, 1.82) is 5.26 Å². The van der Waals surface area contributed by atoms with Crippen molar-refractivity contribution in [2.24, 2.45) is 0 Å². The molecule has 0 radical (unpaired) electrons. The first-order chi connectivity index (χ1) is 9.19. The number of anilines is 1. The largest absolute Gasteiger partial charge is 0.360 e. The molecule has 1 aliphatic carbocycles. The van der Waals surface area contributed by atoms with E-state index >= 15 is 0 Å². The van der Waals surface area contributed by atoms with E-state index in [0.29, 0.717) is 21.7 Å². The molecule has 0 saturated heterocycles. The van der Waals surface area contributed by atoms with Gasteiger partial charge in [-0.05, 0) is 43.3 Å². The van der Waals surface area contributed by atoms with Crippen LogP contribution in [-0.2, 0) is 0 Å². The Morgan fingerprint density at radius 3 is 2.68 bits per heavy atom. The zero-order chi connectivity index (χ0) is 13.7. The lowest BCUT2D eigenvalue weighted by molar-refractivity contribution is 0.415. The SMILES string of the molecule is N#Cc1ccc(NC(=S)NC2CCCCC2)cc1Cl.